The molecule has 4 aromatic rings. The third-order valence-electron chi connectivity index (χ3n) is 4.92. The fourth-order valence-electron chi connectivity index (χ4n) is 3.41. The quantitative estimate of drug-likeness (QED) is 0.370. The fraction of sp³-hybridized carbons (Fsp3) is 0.0833. The van der Waals surface area contributed by atoms with Gasteiger partial charge in [0.1, 0.15) is 0 Å². The average molecular weight is 464 g/mol. The lowest BCUT2D eigenvalue weighted by atomic mass is 10.0. The number of carbonyl (C=O) groups excluding carboxylic acids is 1. The topological polar surface area (TPSA) is 79.4 Å². The SMILES string of the molecule is C=CCN(CC=C)S(=O)(=O)c1ccc2nc(NC(=O)c3cccc4ccccc34)sc2c1. The van der Waals surface area contributed by atoms with E-state index in [2.05, 4.69) is 23.5 Å². The van der Waals surface area contributed by atoms with Gasteiger partial charge >= 0.3 is 0 Å². The summed E-state index contributed by atoms with van der Waals surface area (Å²) in [6.45, 7) is 7.62. The lowest BCUT2D eigenvalue weighted by molar-refractivity contribution is 0.102. The van der Waals surface area contributed by atoms with Crippen LogP contribution in [0.4, 0.5) is 5.13 Å². The van der Waals surface area contributed by atoms with Crippen LogP contribution in [0.3, 0.4) is 0 Å². The first kappa shape index (κ1) is 21.9. The van der Waals surface area contributed by atoms with Crippen molar-refractivity contribution in [3.8, 4) is 0 Å². The van der Waals surface area contributed by atoms with Crippen LogP contribution < -0.4 is 5.32 Å². The molecule has 0 unspecified atom stereocenters. The van der Waals surface area contributed by atoms with Gasteiger partial charge in [0.15, 0.2) is 5.13 Å². The van der Waals surface area contributed by atoms with Gasteiger partial charge < -0.3 is 0 Å². The van der Waals surface area contributed by atoms with Gasteiger partial charge in [-0.15, -0.1) is 13.2 Å². The normalized spacial score (nSPS) is 11.7. The third-order valence-corrected chi connectivity index (χ3v) is 7.68. The highest BCUT2D eigenvalue weighted by atomic mass is 32.2. The van der Waals surface area contributed by atoms with E-state index >= 15 is 0 Å². The van der Waals surface area contributed by atoms with Gasteiger partial charge in [0.2, 0.25) is 10.0 Å². The van der Waals surface area contributed by atoms with E-state index in [1.807, 2.05) is 36.4 Å². The zero-order valence-electron chi connectivity index (χ0n) is 17.2. The van der Waals surface area contributed by atoms with Crippen molar-refractivity contribution in [3.05, 3.63) is 91.5 Å². The first-order valence-corrected chi connectivity index (χ1v) is 12.1. The highest BCUT2D eigenvalue weighted by Crippen LogP contribution is 2.30. The first-order valence-electron chi connectivity index (χ1n) is 9.85. The number of anilines is 1. The average Bonchev–Trinajstić information content (AvgIpc) is 3.20. The lowest BCUT2D eigenvalue weighted by Crippen LogP contribution is -2.31. The highest BCUT2D eigenvalue weighted by molar-refractivity contribution is 7.89. The number of amides is 1. The molecule has 1 amide bonds. The number of thiazole rings is 1. The second-order valence-electron chi connectivity index (χ2n) is 7.03. The number of fused-ring (bicyclic) bond motifs is 2. The fourth-order valence-corrected chi connectivity index (χ4v) is 5.80. The minimum Gasteiger partial charge on any atom is -0.298 e. The molecule has 1 N–H and O–H groups in total. The second kappa shape index (κ2) is 9.04. The van der Waals surface area contributed by atoms with Crippen LogP contribution in [-0.2, 0) is 10.0 Å². The summed E-state index contributed by atoms with van der Waals surface area (Å²) in [6.07, 6.45) is 3.07. The van der Waals surface area contributed by atoms with Gasteiger partial charge in [0.25, 0.3) is 5.91 Å². The molecule has 3 aromatic carbocycles. The summed E-state index contributed by atoms with van der Waals surface area (Å²) in [7, 11) is -3.72. The van der Waals surface area contributed by atoms with Crippen molar-refractivity contribution >= 4 is 53.4 Å². The highest BCUT2D eigenvalue weighted by Gasteiger charge is 2.23. The van der Waals surface area contributed by atoms with Gasteiger partial charge in [-0.2, -0.15) is 4.31 Å². The van der Waals surface area contributed by atoms with Crippen molar-refractivity contribution in [2.75, 3.05) is 18.4 Å². The molecule has 1 aromatic heterocycles. The number of sulfonamides is 1. The summed E-state index contributed by atoms with van der Waals surface area (Å²) < 4.78 is 27.9. The van der Waals surface area contributed by atoms with E-state index in [9.17, 15) is 13.2 Å². The number of rotatable bonds is 8. The molecule has 0 saturated carbocycles. The van der Waals surface area contributed by atoms with Crippen molar-refractivity contribution < 1.29 is 13.2 Å². The lowest BCUT2D eigenvalue weighted by Gasteiger charge is -2.18. The monoisotopic (exact) mass is 463 g/mol. The van der Waals surface area contributed by atoms with Crippen LogP contribution in [0, 0.1) is 0 Å². The summed E-state index contributed by atoms with van der Waals surface area (Å²) >= 11 is 1.23. The Bertz CT molecular complexity index is 1430. The molecule has 0 aliphatic heterocycles. The predicted molar refractivity (Wildman–Crippen MR) is 131 cm³/mol. The van der Waals surface area contributed by atoms with Crippen molar-refractivity contribution in [1.29, 1.82) is 0 Å². The molecule has 0 radical (unpaired) electrons. The van der Waals surface area contributed by atoms with Crippen molar-refractivity contribution in [1.82, 2.24) is 9.29 Å². The summed E-state index contributed by atoms with van der Waals surface area (Å²) in [5, 5.41) is 5.08. The number of hydrogen-bond acceptors (Lipinski definition) is 5. The van der Waals surface area contributed by atoms with Crippen LogP contribution in [0.5, 0.6) is 0 Å². The predicted octanol–water partition coefficient (Wildman–Crippen LogP) is 5.06. The number of nitrogens with zero attached hydrogens (tertiary/aromatic N) is 2. The Morgan fingerprint density at radius 2 is 1.75 bits per heavy atom. The molecule has 0 spiro atoms. The number of hydrogen-bond donors (Lipinski definition) is 1. The van der Waals surface area contributed by atoms with Crippen molar-refractivity contribution in [2.45, 2.75) is 4.90 Å². The van der Waals surface area contributed by atoms with E-state index in [0.29, 0.717) is 20.9 Å². The molecule has 0 fully saturated rings. The molecule has 162 valence electrons. The Kier molecular flexibility index (Phi) is 6.18. The summed E-state index contributed by atoms with van der Waals surface area (Å²) in [5.74, 6) is -0.267. The van der Waals surface area contributed by atoms with Gasteiger partial charge in [-0.25, -0.2) is 13.4 Å². The largest absolute Gasteiger partial charge is 0.298 e. The van der Waals surface area contributed by atoms with E-state index in [0.717, 1.165) is 10.8 Å². The number of nitrogens with one attached hydrogen (secondary N) is 1. The van der Waals surface area contributed by atoms with Gasteiger partial charge in [0, 0.05) is 18.7 Å². The van der Waals surface area contributed by atoms with E-state index < -0.39 is 10.0 Å². The molecule has 6 nitrogen and oxygen atoms in total. The molecule has 0 saturated heterocycles. The summed E-state index contributed by atoms with van der Waals surface area (Å²) in [6, 6.07) is 18.0. The van der Waals surface area contributed by atoms with Crippen molar-refractivity contribution in [2.24, 2.45) is 0 Å². The molecular weight excluding hydrogens is 442 g/mol. The molecule has 0 bridgehead atoms. The minimum absolute atomic E-state index is 0.157. The number of aromatic nitrogens is 1. The molecule has 0 aliphatic rings. The maximum Gasteiger partial charge on any atom is 0.258 e. The Morgan fingerprint density at radius 3 is 2.50 bits per heavy atom. The smallest absolute Gasteiger partial charge is 0.258 e. The Hall–Kier alpha value is -3.33. The number of benzene rings is 3. The summed E-state index contributed by atoms with van der Waals surface area (Å²) in [4.78, 5) is 17.5. The number of carbonyl (C=O) groups is 1. The first-order chi connectivity index (χ1) is 15.4. The van der Waals surface area contributed by atoms with Gasteiger partial charge in [-0.3, -0.25) is 10.1 Å². The summed E-state index contributed by atoms with van der Waals surface area (Å²) in [5.41, 5.74) is 1.16. The van der Waals surface area contributed by atoms with Gasteiger partial charge in [-0.1, -0.05) is 59.9 Å². The maximum atomic E-state index is 13.0. The van der Waals surface area contributed by atoms with E-state index in [4.69, 9.17) is 0 Å². The Morgan fingerprint density at radius 1 is 1.03 bits per heavy atom. The molecule has 4 rings (SSSR count). The Labute approximate surface area is 190 Å². The van der Waals surface area contributed by atoms with E-state index in [1.165, 1.54) is 33.9 Å². The third kappa shape index (κ3) is 4.20. The molecule has 1 heterocycles. The molecule has 8 heteroatoms. The zero-order chi connectivity index (χ0) is 22.7. The zero-order valence-corrected chi connectivity index (χ0v) is 18.8. The molecule has 32 heavy (non-hydrogen) atoms. The molecular formula is C24H21N3O3S2. The van der Waals surface area contributed by atoms with E-state index in [-0.39, 0.29) is 23.9 Å². The maximum absolute atomic E-state index is 13.0. The van der Waals surface area contributed by atoms with Crippen LogP contribution in [0.2, 0.25) is 0 Å². The van der Waals surface area contributed by atoms with Crippen molar-refractivity contribution in [3.63, 3.8) is 0 Å². The van der Waals surface area contributed by atoms with Crippen LogP contribution in [0.25, 0.3) is 21.0 Å². The molecule has 0 aliphatic carbocycles. The van der Waals surface area contributed by atoms with Gasteiger partial charge in [-0.05, 0) is 35.0 Å². The minimum atomic E-state index is -3.72. The van der Waals surface area contributed by atoms with Crippen LogP contribution in [0.15, 0.2) is 90.9 Å². The van der Waals surface area contributed by atoms with Crippen LogP contribution >= 0.6 is 11.3 Å². The standard InChI is InChI=1S/C24H21N3O3S2/c1-3-14-27(15-4-2)32(29,30)18-12-13-21-22(16-18)31-24(25-21)26-23(28)20-11-7-9-17-8-5-6-10-19(17)20/h3-13,16H,1-2,14-15H2,(H,25,26,28). The van der Waals surface area contributed by atoms with E-state index in [1.54, 1.807) is 18.2 Å². The second-order valence-corrected chi connectivity index (χ2v) is 10.00. The van der Waals surface area contributed by atoms with Gasteiger partial charge in [0.05, 0.1) is 15.1 Å². The Balaban J connectivity index is 1.64. The molecule has 0 atom stereocenters. The van der Waals surface area contributed by atoms with Crippen LogP contribution in [-0.4, -0.2) is 36.7 Å². The van der Waals surface area contributed by atoms with Crippen LogP contribution in [0.1, 0.15) is 10.4 Å².